The van der Waals surface area contributed by atoms with E-state index in [2.05, 4.69) is 15.0 Å². The third kappa shape index (κ3) is 2.78. The molecule has 2 saturated heterocycles. The molecule has 8 heteroatoms. The Morgan fingerprint density at radius 3 is 2.86 bits per heavy atom. The fourth-order valence-electron chi connectivity index (χ4n) is 2.31. The first-order chi connectivity index (χ1) is 10.1. The van der Waals surface area contributed by atoms with Crippen molar-refractivity contribution in [3.8, 4) is 0 Å². The molecule has 4 amide bonds. The zero-order valence-corrected chi connectivity index (χ0v) is 11.2. The smallest absolute Gasteiger partial charge is 0.417 e. The first kappa shape index (κ1) is 13.3. The molecule has 0 atom stereocenters. The number of rotatable bonds is 3. The lowest BCUT2D eigenvalue weighted by molar-refractivity contribution is -0.126. The number of hydrogen-bond donors (Lipinski definition) is 1. The molecule has 8 nitrogen and oxygen atoms in total. The van der Waals surface area contributed by atoms with Crippen LogP contribution in [0.2, 0.25) is 0 Å². The molecule has 0 spiro atoms. The second kappa shape index (κ2) is 5.39. The molecule has 2 fully saturated rings. The van der Waals surface area contributed by atoms with Crippen molar-refractivity contribution in [2.45, 2.75) is 0 Å². The SMILES string of the molecule is O=C(Nc1cccnc1)N1CC(CN2C(=O)COC2=O)C1. The summed E-state index contributed by atoms with van der Waals surface area (Å²) >= 11 is 0. The lowest BCUT2D eigenvalue weighted by Gasteiger charge is -2.39. The Bertz CT molecular complexity index is 555. The minimum atomic E-state index is -0.599. The predicted octanol–water partition coefficient (Wildman–Crippen LogP) is 0.524. The van der Waals surface area contributed by atoms with Gasteiger partial charge < -0.3 is 15.0 Å². The predicted molar refractivity (Wildman–Crippen MR) is 71.4 cm³/mol. The van der Waals surface area contributed by atoms with E-state index in [-0.39, 0.29) is 24.5 Å². The van der Waals surface area contributed by atoms with Crippen molar-refractivity contribution in [3.05, 3.63) is 24.5 Å². The Morgan fingerprint density at radius 1 is 1.43 bits per heavy atom. The fourth-order valence-corrected chi connectivity index (χ4v) is 2.31. The number of aromatic nitrogens is 1. The minimum absolute atomic E-state index is 0.0965. The summed E-state index contributed by atoms with van der Waals surface area (Å²) in [7, 11) is 0. The van der Waals surface area contributed by atoms with E-state index in [1.54, 1.807) is 29.4 Å². The maximum atomic E-state index is 11.9. The molecular formula is C13H14N4O4. The zero-order valence-electron chi connectivity index (χ0n) is 11.2. The van der Waals surface area contributed by atoms with Crippen molar-refractivity contribution in [3.63, 3.8) is 0 Å². The van der Waals surface area contributed by atoms with E-state index in [0.29, 0.717) is 25.3 Å². The van der Waals surface area contributed by atoms with Gasteiger partial charge in [-0.25, -0.2) is 14.5 Å². The van der Waals surface area contributed by atoms with Gasteiger partial charge in [-0.1, -0.05) is 0 Å². The molecule has 1 aromatic rings. The number of ether oxygens (including phenoxy) is 1. The molecule has 0 aromatic carbocycles. The van der Waals surface area contributed by atoms with E-state index < -0.39 is 6.09 Å². The number of urea groups is 1. The van der Waals surface area contributed by atoms with Gasteiger partial charge in [-0.15, -0.1) is 0 Å². The van der Waals surface area contributed by atoms with Crippen molar-refractivity contribution >= 4 is 23.7 Å². The summed E-state index contributed by atoms with van der Waals surface area (Å²) in [6.45, 7) is 1.12. The van der Waals surface area contributed by atoms with Crippen molar-refractivity contribution in [1.82, 2.24) is 14.8 Å². The summed E-state index contributed by atoms with van der Waals surface area (Å²) in [5.41, 5.74) is 0.629. The van der Waals surface area contributed by atoms with Crippen LogP contribution in [0.1, 0.15) is 0 Å². The van der Waals surface area contributed by atoms with Crippen LogP contribution in [0.5, 0.6) is 0 Å². The number of carbonyl (C=O) groups excluding carboxylic acids is 3. The number of nitrogens with one attached hydrogen (secondary N) is 1. The Kier molecular flexibility index (Phi) is 3.43. The summed E-state index contributed by atoms with van der Waals surface area (Å²) in [4.78, 5) is 41.2. The van der Waals surface area contributed by atoms with Crippen LogP contribution in [-0.2, 0) is 9.53 Å². The number of pyridine rings is 1. The topological polar surface area (TPSA) is 91.8 Å². The van der Waals surface area contributed by atoms with Crippen LogP contribution in [0, 0.1) is 5.92 Å². The molecule has 0 aliphatic carbocycles. The lowest BCUT2D eigenvalue weighted by Crippen LogP contribution is -2.55. The molecule has 0 unspecified atom stereocenters. The van der Waals surface area contributed by atoms with Crippen LogP contribution in [0.25, 0.3) is 0 Å². The summed E-state index contributed by atoms with van der Waals surface area (Å²) in [6, 6.07) is 3.27. The highest BCUT2D eigenvalue weighted by Gasteiger charge is 2.38. The van der Waals surface area contributed by atoms with Gasteiger partial charge in [-0.2, -0.15) is 0 Å². The van der Waals surface area contributed by atoms with Crippen molar-refractivity contribution < 1.29 is 19.1 Å². The fraction of sp³-hybridized carbons (Fsp3) is 0.385. The number of nitrogens with zero attached hydrogens (tertiary/aromatic N) is 3. The number of hydrogen-bond acceptors (Lipinski definition) is 5. The van der Waals surface area contributed by atoms with E-state index in [4.69, 9.17) is 0 Å². The number of likely N-dealkylation sites (tertiary alicyclic amines) is 1. The van der Waals surface area contributed by atoms with Crippen LogP contribution in [0.4, 0.5) is 15.3 Å². The van der Waals surface area contributed by atoms with E-state index >= 15 is 0 Å². The van der Waals surface area contributed by atoms with Gasteiger partial charge in [0, 0.05) is 31.7 Å². The molecule has 2 aliphatic heterocycles. The van der Waals surface area contributed by atoms with Gasteiger partial charge in [-0.3, -0.25) is 9.78 Å². The average molecular weight is 290 g/mol. The number of carbonyl (C=O) groups is 3. The Labute approximate surface area is 120 Å². The second-order valence-electron chi connectivity index (χ2n) is 5.00. The van der Waals surface area contributed by atoms with E-state index in [1.165, 1.54) is 0 Å². The minimum Gasteiger partial charge on any atom is -0.439 e. The molecule has 2 aliphatic rings. The van der Waals surface area contributed by atoms with Gasteiger partial charge >= 0.3 is 12.1 Å². The normalized spacial score (nSPS) is 18.5. The number of amides is 4. The van der Waals surface area contributed by atoms with Gasteiger partial charge in [0.2, 0.25) is 0 Å². The summed E-state index contributed by atoms with van der Waals surface area (Å²) < 4.78 is 4.64. The van der Waals surface area contributed by atoms with Crippen molar-refractivity contribution in [2.24, 2.45) is 5.92 Å². The summed E-state index contributed by atoms with van der Waals surface area (Å²) in [5, 5.41) is 2.73. The Hall–Kier alpha value is -2.64. The quantitative estimate of drug-likeness (QED) is 0.876. The second-order valence-corrected chi connectivity index (χ2v) is 5.00. The van der Waals surface area contributed by atoms with E-state index in [1.807, 2.05) is 0 Å². The Morgan fingerprint density at radius 2 is 2.24 bits per heavy atom. The molecule has 0 bridgehead atoms. The highest BCUT2D eigenvalue weighted by molar-refractivity contribution is 5.97. The molecule has 21 heavy (non-hydrogen) atoms. The van der Waals surface area contributed by atoms with Gasteiger partial charge in [0.25, 0.3) is 5.91 Å². The third-order valence-electron chi connectivity index (χ3n) is 3.44. The zero-order chi connectivity index (χ0) is 14.8. The molecule has 3 rings (SSSR count). The highest BCUT2D eigenvalue weighted by Crippen LogP contribution is 2.20. The standard InChI is InChI=1S/C13H14N4O4/c18-11-8-21-13(20)17(11)7-9-5-16(6-9)12(19)15-10-2-1-3-14-4-10/h1-4,9H,5-8H2,(H,15,19). The van der Waals surface area contributed by atoms with Gasteiger partial charge in [-0.05, 0) is 12.1 Å². The molecule has 1 aromatic heterocycles. The van der Waals surface area contributed by atoms with E-state index in [9.17, 15) is 14.4 Å². The third-order valence-corrected chi connectivity index (χ3v) is 3.44. The number of anilines is 1. The average Bonchev–Trinajstić information content (AvgIpc) is 2.74. The van der Waals surface area contributed by atoms with Gasteiger partial charge in [0.15, 0.2) is 6.61 Å². The maximum absolute atomic E-state index is 11.9. The van der Waals surface area contributed by atoms with Gasteiger partial charge in [0.05, 0.1) is 11.9 Å². The molecule has 0 radical (unpaired) electrons. The summed E-state index contributed by atoms with van der Waals surface area (Å²) in [5.74, 6) is -0.225. The number of imide groups is 1. The first-order valence-electron chi connectivity index (χ1n) is 6.56. The first-order valence-corrected chi connectivity index (χ1v) is 6.56. The molecule has 110 valence electrons. The van der Waals surface area contributed by atoms with Crippen molar-refractivity contribution in [1.29, 1.82) is 0 Å². The highest BCUT2D eigenvalue weighted by atomic mass is 16.6. The molecule has 1 N–H and O–H groups in total. The number of cyclic esters (lactones) is 1. The van der Waals surface area contributed by atoms with Crippen molar-refractivity contribution in [2.75, 3.05) is 31.6 Å². The van der Waals surface area contributed by atoms with Crippen LogP contribution in [0.3, 0.4) is 0 Å². The lowest BCUT2D eigenvalue weighted by atomic mass is 10.0. The largest absolute Gasteiger partial charge is 0.439 e. The molecular weight excluding hydrogens is 276 g/mol. The Balaban J connectivity index is 1.46. The van der Waals surface area contributed by atoms with Gasteiger partial charge in [0.1, 0.15) is 0 Å². The summed E-state index contributed by atoms with van der Waals surface area (Å²) in [6.07, 6.45) is 2.59. The molecule has 3 heterocycles. The van der Waals surface area contributed by atoms with Crippen LogP contribution in [-0.4, -0.2) is 59.1 Å². The molecule has 0 saturated carbocycles. The maximum Gasteiger partial charge on any atom is 0.417 e. The van der Waals surface area contributed by atoms with Crippen LogP contribution in [0.15, 0.2) is 24.5 Å². The monoisotopic (exact) mass is 290 g/mol. The van der Waals surface area contributed by atoms with Crippen LogP contribution >= 0.6 is 0 Å². The van der Waals surface area contributed by atoms with E-state index in [0.717, 1.165) is 4.90 Å². The van der Waals surface area contributed by atoms with Crippen LogP contribution < -0.4 is 5.32 Å².